The van der Waals surface area contributed by atoms with E-state index in [-0.39, 0.29) is 18.0 Å². The van der Waals surface area contributed by atoms with E-state index in [9.17, 15) is 4.79 Å². The van der Waals surface area contributed by atoms with Crippen LogP contribution in [0, 0.1) is 11.3 Å². The Morgan fingerprint density at radius 1 is 1.53 bits per heavy atom. The van der Waals surface area contributed by atoms with Crippen molar-refractivity contribution in [2.45, 2.75) is 46.1 Å². The molecule has 15 heavy (non-hydrogen) atoms. The molecule has 2 atom stereocenters. The van der Waals surface area contributed by atoms with Crippen LogP contribution in [0.4, 0.5) is 0 Å². The first-order valence-corrected chi connectivity index (χ1v) is 5.79. The van der Waals surface area contributed by atoms with Crippen LogP contribution in [0.2, 0.25) is 0 Å². The lowest BCUT2D eigenvalue weighted by Crippen LogP contribution is -2.45. The SMILES string of the molecule is CCOC(=O)C1(C(C)C)CCCC1OC. The molecule has 1 rings (SSSR count). The second-order valence-corrected chi connectivity index (χ2v) is 4.53. The number of methoxy groups -OCH3 is 1. The molecule has 1 aliphatic carbocycles. The van der Waals surface area contributed by atoms with E-state index >= 15 is 0 Å². The van der Waals surface area contributed by atoms with E-state index in [1.165, 1.54) is 0 Å². The van der Waals surface area contributed by atoms with Gasteiger partial charge in [0.15, 0.2) is 0 Å². The molecule has 0 aliphatic heterocycles. The maximum atomic E-state index is 12.1. The summed E-state index contributed by atoms with van der Waals surface area (Å²) in [7, 11) is 1.69. The van der Waals surface area contributed by atoms with Gasteiger partial charge in [0.25, 0.3) is 0 Å². The molecule has 0 heterocycles. The molecule has 1 saturated carbocycles. The zero-order valence-electron chi connectivity index (χ0n) is 10.2. The van der Waals surface area contributed by atoms with Gasteiger partial charge in [-0.25, -0.2) is 0 Å². The van der Waals surface area contributed by atoms with E-state index in [0.717, 1.165) is 19.3 Å². The number of hydrogen-bond donors (Lipinski definition) is 0. The number of esters is 1. The van der Waals surface area contributed by atoms with E-state index in [0.29, 0.717) is 6.61 Å². The minimum atomic E-state index is -0.412. The molecular weight excluding hydrogens is 192 g/mol. The van der Waals surface area contributed by atoms with Gasteiger partial charge in [-0.3, -0.25) is 4.79 Å². The highest BCUT2D eigenvalue weighted by molar-refractivity contribution is 5.78. The summed E-state index contributed by atoms with van der Waals surface area (Å²) in [6.07, 6.45) is 2.93. The average Bonchev–Trinajstić information content (AvgIpc) is 2.62. The molecule has 1 fully saturated rings. The lowest BCUT2D eigenvalue weighted by Gasteiger charge is -2.35. The summed E-state index contributed by atoms with van der Waals surface area (Å²) in [4.78, 5) is 12.1. The molecule has 0 aromatic heterocycles. The number of carbonyl (C=O) groups excluding carboxylic acids is 1. The van der Waals surface area contributed by atoms with E-state index < -0.39 is 5.41 Å². The van der Waals surface area contributed by atoms with Gasteiger partial charge in [0.1, 0.15) is 0 Å². The highest BCUT2D eigenvalue weighted by atomic mass is 16.5. The second-order valence-electron chi connectivity index (χ2n) is 4.53. The minimum absolute atomic E-state index is 0.0246. The maximum absolute atomic E-state index is 12.1. The van der Waals surface area contributed by atoms with Crippen molar-refractivity contribution in [2.24, 2.45) is 11.3 Å². The highest BCUT2D eigenvalue weighted by Gasteiger charge is 2.52. The first-order valence-electron chi connectivity index (χ1n) is 5.79. The van der Waals surface area contributed by atoms with Gasteiger partial charge in [-0.05, 0) is 32.1 Å². The summed E-state index contributed by atoms with van der Waals surface area (Å²) >= 11 is 0. The Morgan fingerprint density at radius 2 is 2.20 bits per heavy atom. The van der Waals surface area contributed by atoms with Crippen molar-refractivity contribution in [3.8, 4) is 0 Å². The van der Waals surface area contributed by atoms with E-state index in [1.807, 2.05) is 6.92 Å². The molecule has 0 bridgehead atoms. The Hall–Kier alpha value is -0.570. The molecule has 0 amide bonds. The first kappa shape index (κ1) is 12.5. The van der Waals surface area contributed by atoms with Crippen LogP contribution in [0.5, 0.6) is 0 Å². The summed E-state index contributed by atoms with van der Waals surface area (Å²) in [5, 5.41) is 0. The monoisotopic (exact) mass is 214 g/mol. The van der Waals surface area contributed by atoms with Crippen molar-refractivity contribution >= 4 is 5.97 Å². The van der Waals surface area contributed by atoms with Crippen LogP contribution >= 0.6 is 0 Å². The summed E-state index contributed by atoms with van der Waals surface area (Å²) in [5.41, 5.74) is -0.412. The van der Waals surface area contributed by atoms with Gasteiger partial charge in [-0.1, -0.05) is 13.8 Å². The quantitative estimate of drug-likeness (QED) is 0.674. The van der Waals surface area contributed by atoms with Crippen molar-refractivity contribution < 1.29 is 14.3 Å². The molecule has 0 spiro atoms. The van der Waals surface area contributed by atoms with Gasteiger partial charge >= 0.3 is 5.97 Å². The predicted octanol–water partition coefficient (Wildman–Crippen LogP) is 2.39. The second kappa shape index (κ2) is 4.97. The van der Waals surface area contributed by atoms with E-state index in [2.05, 4.69) is 13.8 Å². The Morgan fingerprint density at radius 3 is 2.67 bits per heavy atom. The van der Waals surface area contributed by atoms with Crippen LogP contribution < -0.4 is 0 Å². The normalized spacial score (nSPS) is 30.9. The maximum Gasteiger partial charge on any atom is 0.314 e. The van der Waals surface area contributed by atoms with Crippen molar-refractivity contribution in [3.63, 3.8) is 0 Å². The molecule has 0 N–H and O–H groups in total. The number of carbonyl (C=O) groups is 1. The van der Waals surface area contributed by atoms with Crippen LogP contribution in [0.3, 0.4) is 0 Å². The molecule has 0 radical (unpaired) electrons. The predicted molar refractivity (Wildman–Crippen MR) is 58.6 cm³/mol. The standard InChI is InChI=1S/C12H22O3/c1-5-15-11(13)12(9(2)3)8-6-7-10(12)14-4/h9-10H,5-8H2,1-4H3. The van der Waals surface area contributed by atoms with Crippen LogP contribution in [0.25, 0.3) is 0 Å². The number of ether oxygens (including phenoxy) is 2. The van der Waals surface area contributed by atoms with Crippen molar-refractivity contribution in [2.75, 3.05) is 13.7 Å². The molecule has 0 aromatic rings. The Bertz CT molecular complexity index is 225. The Kier molecular flexibility index (Phi) is 4.14. The summed E-state index contributed by atoms with van der Waals surface area (Å²) in [6, 6.07) is 0. The molecule has 1 aliphatic rings. The van der Waals surface area contributed by atoms with Crippen LogP contribution in [-0.2, 0) is 14.3 Å². The lowest BCUT2D eigenvalue weighted by molar-refractivity contribution is -0.167. The molecule has 0 saturated heterocycles. The third-order valence-electron chi connectivity index (χ3n) is 3.60. The molecule has 3 heteroatoms. The van der Waals surface area contributed by atoms with Crippen LogP contribution in [0.1, 0.15) is 40.0 Å². The number of hydrogen-bond acceptors (Lipinski definition) is 3. The van der Waals surface area contributed by atoms with Gasteiger partial charge in [0.2, 0.25) is 0 Å². The van der Waals surface area contributed by atoms with E-state index in [4.69, 9.17) is 9.47 Å². The van der Waals surface area contributed by atoms with Crippen molar-refractivity contribution in [1.29, 1.82) is 0 Å². The van der Waals surface area contributed by atoms with Crippen LogP contribution in [-0.4, -0.2) is 25.8 Å². The first-order chi connectivity index (χ1) is 7.09. The smallest absolute Gasteiger partial charge is 0.314 e. The van der Waals surface area contributed by atoms with Crippen LogP contribution in [0.15, 0.2) is 0 Å². The zero-order chi connectivity index (χ0) is 11.5. The van der Waals surface area contributed by atoms with Gasteiger partial charge < -0.3 is 9.47 Å². The summed E-state index contributed by atoms with van der Waals surface area (Å²) < 4.78 is 10.7. The van der Waals surface area contributed by atoms with Gasteiger partial charge in [0.05, 0.1) is 18.1 Å². The van der Waals surface area contributed by atoms with Gasteiger partial charge in [-0.15, -0.1) is 0 Å². The Balaban J connectivity index is 2.91. The topological polar surface area (TPSA) is 35.5 Å². The third kappa shape index (κ3) is 2.03. The minimum Gasteiger partial charge on any atom is -0.465 e. The summed E-state index contributed by atoms with van der Waals surface area (Å²) in [5.74, 6) is 0.188. The average molecular weight is 214 g/mol. The molecule has 0 aromatic carbocycles. The molecule has 2 unspecified atom stereocenters. The molecule has 88 valence electrons. The highest BCUT2D eigenvalue weighted by Crippen LogP contribution is 2.46. The third-order valence-corrected chi connectivity index (χ3v) is 3.60. The largest absolute Gasteiger partial charge is 0.465 e. The summed E-state index contributed by atoms with van der Waals surface area (Å²) in [6.45, 7) is 6.45. The van der Waals surface area contributed by atoms with Gasteiger partial charge in [0, 0.05) is 7.11 Å². The molecular formula is C12H22O3. The van der Waals surface area contributed by atoms with Gasteiger partial charge in [-0.2, -0.15) is 0 Å². The number of rotatable bonds is 4. The van der Waals surface area contributed by atoms with Crippen molar-refractivity contribution in [1.82, 2.24) is 0 Å². The molecule has 3 nitrogen and oxygen atoms in total. The van der Waals surface area contributed by atoms with Crippen molar-refractivity contribution in [3.05, 3.63) is 0 Å². The lowest BCUT2D eigenvalue weighted by atomic mass is 9.74. The Labute approximate surface area is 92.1 Å². The fourth-order valence-corrected chi connectivity index (χ4v) is 2.72. The van der Waals surface area contributed by atoms with E-state index in [1.54, 1.807) is 7.11 Å². The fourth-order valence-electron chi connectivity index (χ4n) is 2.72. The fraction of sp³-hybridized carbons (Fsp3) is 0.917. The zero-order valence-corrected chi connectivity index (χ0v) is 10.2.